The van der Waals surface area contributed by atoms with Crippen LogP contribution in [-0.4, -0.2) is 34.5 Å². The lowest BCUT2D eigenvalue weighted by molar-refractivity contribution is -0.146. The summed E-state index contributed by atoms with van der Waals surface area (Å²) >= 11 is 1.54. The van der Waals surface area contributed by atoms with Crippen molar-refractivity contribution in [3.8, 4) is 0 Å². The van der Waals surface area contributed by atoms with E-state index in [-0.39, 0.29) is 24.4 Å². The van der Waals surface area contributed by atoms with Crippen molar-refractivity contribution in [2.75, 3.05) is 6.54 Å². The molecule has 0 aromatic carbocycles. The van der Waals surface area contributed by atoms with E-state index in [1.807, 2.05) is 37.6 Å². The van der Waals surface area contributed by atoms with E-state index < -0.39 is 5.97 Å². The summed E-state index contributed by atoms with van der Waals surface area (Å²) < 4.78 is 0. The van der Waals surface area contributed by atoms with E-state index in [1.165, 1.54) is 16.2 Å². The topological polar surface area (TPSA) is 57.6 Å². The van der Waals surface area contributed by atoms with Crippen molar-refractivity contribution >= 4 is 23.2 Å². The van der Waals surface area contributed by atoms with Crippen molar-refractivity contribution in [3.05, 3.63) is 22.4 Å². The average Bonchev–Trinajstić information content (AvgIpc) is 2.86. The Bertz CT molecular complexity index is 402. The molecule has 100 valence electrons. The Kier molecular flexibility index (Phi) is 5.34. The molecule has 0 saturated heterocycles. The van der Waals surface area contributed by atoms with E-state index in [2.05, 4.69) is 0 Å². The molecule has 1 heterocycles. The number of aliphatic carboxylic acids is 1. The van der Waals surface area contributed by atoms with E-state index >= 15 is 0 Å². The molecule has 5 heteroatoms. The molecule has 1 aromatic heterocycles. The maximum Gasteiger partial charge on any atom is 0.323 e. The summed E-state index contributed by atoms with van der Waals surface area (Å²) in [5.41, 5.74) is 0.948. The Balaban J connectivity index is 2.84. The monoisotopic (exact) mass is 269 g/mol. The zero-order valence-electron chi connectivity index (χ0n) is 10.9. The van der Waals surface area contributed by atoms with Gasteiger partial charge in [0.2, 0.25) is 5.91 Å². The summed E-state index contributed by atoms with van der Waals surface area (Å²) in [6.45, 7) is 5.41. The van der Waals surface area contributed by atoms with Crippen LogP contribution in [0.5, 0.6) is 0 Å². The minimum absolute atomic E-state index is 0.0605. The van der Waals surface area contributed by atoms with Gasteiger partial charge in [-0.2, -0.15) is 11.3 Å². The highest BCUT2D eigenvalue weighted by Gasteiger charge is 2.26. The van der Waals surface area contributed by atoms with Gasteiger partial charge in [0.15, 0.2) is 0 Å². The minimum atomic E-state index is -0.971. The van der Waals surface area contributed by atoms with Crippen molar-refractivity contribution in [3.63, 3.8) is 0 Å². The summed E-state index contributed by atoms with van der Waals surface area (Å²) in [5.74, 6) is -1.38. The van der Waals surface area contributed by atoms with Crippen LogP contribution < -0.4 is 0 Å². The molecule has 1 amide bonds. The van der Waals surface area contributed by atoms with E-state index in [0.717, 1.165) is 12.0 Å². The van der Waals surface area contributed by atoms with Gasteiger partial charge in [-0.15, -0.1) is 0 Å². The van der Waals surface area contributed by atoms with Gasteiger partial charge in [-0.25, -0.2) is 0 Å². The number of carboxylic acids is 1. The molecule has 0 spiro atoms. The number of hydrogen-bond donors (Lipinski definition) is 1. The molecule has 0 aliphatic rings. The van der Waals surface area contributed by atoms with Gasteiger partial charge in [0.05, 0.1) is 5.92 Å². The second kappa shape index (κ2) is 6.54. The number of thiophene rings is 1. The molecule has 0 bridgehead atoms. The highest BCUT2D eigenvalue weighted by Crippen LogP contribution is 2.22. The molecule has 1 aromatic rings. The minimum Gasteiger partial charge on any atom is -0.480 e. The van der Waals surface area contributed by atoms with Crippen molar-refractivity contribution in [1.82, 2.24) is 4.90 Å². The first-order chi connectivity index (χ1) is 8.47. The lowest BCUT2D eigenvalue weighted by Crippen LogP contribution is -2.43. The Labute approximate surface area is 111 Å². The van der Waals surface area contributed by atoms with Crippen LogP contribution in [0.1, 0.15) is 38.7 Å². The van der Waals surface area contributed by atoms with Crippen LogP contribution in [0.15, 0.2) is 16.8 Å². The summed E-state index contributed by atoms with van der Waals surface area (Å²) in [7, 11) is 0. The van der Waals surface area contributed by atoms with E-state index in [0.29, 0.717) is 0 Å². The summed E-state index contributed by atoms with van der Waals surface area (Å²) in [6.07, 6.45) is 0.745. The molecular formula is C13H19NO3S. The summed E-state index contributed by atoms with van der Waals surface area (Å²) in [4.78, 5) is 24.6. The number of amides is 1. The Hall–Kier alpha value is -1.36. The Morgan fingerprint density at radius 1 is 1.44 bits per heavy atom. The number of carbonyl (C=O) groups is 2. The van der Waals surface area contributed by atoms with E-state index in [1.54, 1.807) is 0 Å². The average molecular weight is 269 g/mol. The lowest BCUT2D eigenvalue weighted by Gasteiger charge is -2.29. The zero-order chi connectivity index (χ0) is 13.7. The normalized spacial score (nSPS) is 13.9. The molecule has 0 fully saturated rings. The molecule has 2 unspecified atom stereocenters. The molecule has 18 heavy (non-hydrogen) atoms. The van der Waals surface area contributed by atoms with Crippen molar-refractivity contribution in [1.29, 1.82) is 0 Å². The van der Waals surface area contributed by atoms with E-state index in [9.17, 15) is 9.59 Å². The molecule has 0 aliphatic heterocycles. The molecule has 4 nitrogen and oxygen atoms in total. The number of hydrogen-bond acceptors (Lipinski definition) is 3. The van der Waals surface area contributed by atoms with Gasteiger partial charge in [-0.1, -0.05) is 6.92 Å². The van der Waals surface area contributed by atoms with Crippen molar-refractivity contribution in [2.45, 2.75) is 39.2 Å². The van der Waals surface area contributed by atoms with Crippen LogP contribution in [0, 0.1) is 0 Å². The molecule has 2 atom stereocenters. The largest absolute Gasteiger partial charge is 0.480 e. The van der Waals surface area contributed by atoms with Gasteiger partial charge in [0.25, 0.3) is 0 Å². The second-order valence-corrected chi connectivity index (χ2v) is 5.18. The maximum atomic E-state index is 12.3. The van der Waals surface area contributed by atoms with Gasteiger partial charge in [0.1, 0.15) is 6.54 Å². The van der Waals surface area contributed by atoms with Crippen LogP contribution in [0.2, 0.25) is 0 Å². The van der Waals surface area contributed by atoms with Gasteiger partial charge >= 0.3 is 5.97 Å². The molecule has 0 radical (unpaired) electrons. The lowest BCUT2D eigenvalue weighted by atomic mass is 10.0. The fraction of sp³-hybridized carbons (Fsp3) is 0.538. The highest BCUT2D eigenvalue weighted by atomic mass is 32.1. The quantitative estimate of drug-likeness (QED) is 0.863. The standard InChI is InChI=1S/C13H19NO3S/c1-4-9(2)14(7-12(15)16)13(17)10(3)11-5-6-18-8-11/h5-6,8-10H,4,7H2,1-3H3,(H,15,16). The number of carbonyl (C=O) groups excluding carboxylic acids is 1. The van der Waals surface area contributed by atoms with Gasteiger partial charge in [0, 0.05) is 6.04 Å². The highest BCUT2D eigenvalue weighted by molar-refractivity contribution is 7.08. The van der Waals surface area contributed by atoms with E-state index in [4.69, 9.17) is 5.11 Å². The molecule has 0 saturated carbocycles. The first-order valence-corrected chi connectivity index (χ1v) is 6.96. The van der Waals surface area contributed by atoms with Crippen LogP contribution in [0.3, 0.4) is 0 Å². The van der Waals surface area contributed by atoms with Crippen LogP contribution in [0.25, 0.3) is 0 Å². The van der Waals surface area contributed by atoms with Crippen LogP contribution in [-0.2, 0) is 9.59 Å². The maximum absolute atomic E-state index is 12.3. The third-order valence-corrected chi connectivity index (χ3v) is 3.83. The first kappa shape index (κ1) is 14.7. The smallest absolute Gasteiger partial charge is 0.323 e. The van der Waals surface area contributed by atoms with Crippen molar-refractivity contribution in [2.24, 2.45) is 0 Å². The van der Waals surface area contributed by atoms with Crippen LogP contribution in [0.4, 0.5) is 0 Å². The van der Waals surface area contributed by atoms with Crippen molar-refractivity contribution < 1.29 is 14.7 Å². The third kappa shape index (κ3) is 3.57. The molecule has 0 aliphatic carbocycles. The van der Waals surface area contributed by atoms with Gasteiger partial charge in [-0.05, 0) is 42.7 Å². The molecule has 1 N–H and O–H groups in total. The zero-order valence-corrected chi connectivity index (χ0v) is 11.7. The Morgan fingerprint density at radius 3 is 2.56 bits per heavy atom. The summed E-state index contributed by atoms with van der Waals surface area (Å²) in [5, 5.41) is 12.7. The predicted octanol–water partition coefficient (Wildman–Crippen LogP) is 2.56. The number of rotatable bonds is 6. The second-order valence-electron chi connectivity index (χ2n) is 4.40. The first-order valence-electron chi connectivity index (χ1n) is 6.01. The number of carboxylic acid groups (broad SMARTS) is 1. The third-order valence-electron chi connectivity index (χ3n) is 3.13. The fourth-order valence-corrected chi connectivity index (χ4v) is 2.48. The van der Waals surface area contributed by atoms with Gasteiger partial charge in [-0.3, -0.25) is 9.59 Å². The van der Waals surface area contributed by atoms with Crippen LogP contribution >= 0.6 is 11.3 Å². The predicted molar refractivity (Wildman–Crippen MR) is 71.8 cm³/mol. The summed E-state index contributed by atoms with van der Waals surface area (Å²) in [6, 6.07) is 1.85. The SMILES string of the molecule is CCC(C)N(CC(=O)O)C(=O)C(C)c1ccsc1. The molecule has 1 rings (SSSR count). The fourth-order valence-electron chi connectivity index (χ4n) is 1.73. The van der Waals surface area contributed by atoms with Gasteiger partial charge < -0.3 is 10.0 Å². The Morgan fingerprint density at radius 2 is 2.11 bits per heavy atom. The molecular weight excluding hydrogens is 250 g/mol. The number of nitrogens with zero attached hydrogens (tertiary/aromatic N) is 1.